The first kappa shape index (κ1) is 36.1. The molecule has 2 aliphatic rings. The summed E-state index contributed by atoms with van der Waals surface area (Å²) in [5, 5.41) is 7.13. The van der Waals surface area contributed by atoms with Gasteiger partial charge in [0.2, 0.25) is 5.91 Å². The summed E-state index contributed by atoms with van der Waals surface area (Å²) in [5.74, 6) is -2.84. The minimum absolute atomic E-state index is 0.0344. The number of imidazole rings is 1. The van der Waals surface area contributed by atoms with Gasteiger partial charge in [-0.3, -0.25) is 19.1 Å². The van der Waals surface area contributed by atoms with Crippen molar-refractivity contribution < 1.29 is 27.9 Å². The fourth-order valence-electron chi connectivity index (χ4n) is 6.71. The number of piperidine rings is 1. The number of anilines is 1. The van der Waals surface area contributed by atoms with Gasteiger partial charge in [-0.2, -0.15) is 5.10 Å². The molecule has 0 saturated carbocycles. The van der Waals surface area contributed by atoms with Crippen molar-refractivity contribution in [2.24, 2.45) is 13.0 Å². The number of likely N-dealkylation sites (tertiary alicyclic amines) is 1. The van der Waals surface area contributed by atoms with Crippen LogP contribution in [0.3, 0.4) is 0 Å². The quantitative estimate of drug-likeness (QED) is 0.266. The number of piperazine rings is 1. The number of benzene rings is 2. The standard InChI is InChI=1S/C36H41ClF2N8O4/c1-22-28(20-41-47(22)17-18-51-4)25-7-8-27(32(39)31(25)38)30-21-40-33(44(30)3)34(48)42-24-5-6-26(29(37)19-24)36(50)46-15-13-45(14-16-46)35(49)23-9-11-43(2)12-10-23/h5-8,19-21,23H,9-18H2,1-4H3,(H,42,48). The molecule has 270 valence electrons. The third kappa shape index (κ3) is 7.39. The van der Waals surface area contributed by atoms with E-state index in [0.29, 0.717) is 56.3 Å². The van der Waals surface area contributed by atoms with Crippen molar-refractivity contribution in [2.45, 2.75) is 26.3 Å². The molecule has 2 aromatic heterocycles. The van der Waals surface area contributed by atoms with Crippen molar-refractivity contribution in [1.29, 1.82) is 0 Å². The lowest BCUT2D eigenvalue weighted by molar-refractivity contribution is -0.138. The molecule has 0 spiro atoms. The molecule has 12 nitrogen and oxygen atoms in total. The lowest BCUT2D eigenvalue weighted by Crippen LogP contribution is -2.52. The molecule has 2 saturated heterocycles. The maximum atomic E-state index is 15.5. The highest BCUT2D eigenvalue weighted by atomic mass is 35.5. The van der Waals surface area contributed by atoms with E-state index in [1.54, 1.807) is 35.7 Å². The van der Waals surface area contributed by atoms with Crippen molar-refractivity contribution in [1.82, 2.24) is 34.0 Å². The maximum absolute atomic E-state index is 15.5. The average molecular weight is 723 g/mol. The highest BCUT2D eigenvalue weighted by Crippen LogP contribution is 2.33. The molecular formula is C36H41ClF2N8O4. The van der Waals surface area contributed by atoms with Crippen molar-refractivity contribution in [3.63, 3.8) is 0 Å². The number of aromatic nitrogens is 4. The average Bonchev–Trinajstić information content (AvgIpc) is 3.69. The van der Waals surface area contributed by atoms with Crippen LogP contribution in [0.5, 0.6) is 0 Å². The molecule has 15 heteroatoms. The zero-order chi connectivity index (χ0) is 36.4. The number of hydrogen-bond acceptors (Lipinski definition) is 7. The van der Waals surface area contributed by atoms with Crippen LogP contribution >= 0.6 is 11.6 Å². The number of nitrogens with zero attached hydrogens (tertiary/aromatic N) is 7. The van der Waals surface area contributed by atoms with E-state index in [0.717, 1.165) is 25.9 Å². The van der Waals surface area contributed by atoms with Crippen molar-refractivity contribution in [2.75, 3.05) is 65.3 Å². The lowest BCUT2D eigenvalue weighted by atomic mass is 9.95. The molecule has 2 aliphatic heterocycles. The van der Waals surface area contributed by atoms with Gasteiger partial charge >= 0.3 is 0 Å². The van der Waals surface area contributed by atoms with Crippen LogP contribution in [0.25, 0.3) is 22.4 Å². The number of ether oxygens (including phenoxy) is 1. The molecule has 0 unspecified atom stereocenters. The summed E-state index contributed by atoms with van der Waals surface area (Å²) in [6, 6.07) is 7.51. The second kappa shape index (κ2) is 15.3. The molecule has 0 radical (unpaired) electrons. The zero-order valence-corrected chi connectivity index (χ0v) is 29.8. The fourth-order valence-corrected chi connectivity index (χ4v) is 6.97. The molecule has 6 rings (SSSR count). The second-order valence-electron chi connectivity index (χ2n) is 13.0. The first-order valence-corrected chi connectivity index (χ1v) is 17.3. The molecule has 1 N–H and O–H groups in total. The first-order valence-electron chi connectivity index (χ1n) is 16.9. The third-order valence-electron chi connectivity index (χ3n) is 9.85. The van der Waals surface area contributed by atoms with E-state index >= 15 is 8.78 Å². The molecule has 0 bridgehead atoms. The number of carbonyl (C=O) groups excluding carboxylic acids is 3. The molecule has 51 heavy (non-hydrogen) atoms. The van der Waals surface area contributed by atoms with E-state index in [1.807, 2.05) is 4.90 Å². The Labute approximate surface area is 299 Å². The smallest absolute Gasteiger partial charge is 0.291 e. The molecular weight excluding hydrogens is 682 g/mol. The Bertz CT molecular complexity index is 1950. The topological polar surface area (TPSA) is 118 Å². The van der Waals surface area contributed by atoms with Gasteiger partial charge in [-0.15, -0.1) is 0 Å². The Morgan fingerprint density at radius 2 is 1.59 bits per heavy atom. The highest BCUT2D eigenvalue weighted by molar-refractivity contribution is 6.34. The SMILES string of the molecule is COCCn1ncc(-c2ccc(-c3cnc(C(=O)Nc4ccc(C(=O)N5CCN(C(=O)C6CCN(C)CC6)CC5)c(Cl)c4)n3C)c(F)c2F)c1C. The summed E-state index contributed by atoms with van der Waals surface area (Å²) in [6.45, 7) is 6.23. The number of hydrogen-bond donors (Lipinski definition) is 1. The zero-order valence-electron chi connectivity index (χ0n) is 29.1. The summed E-state index contributed by atoms with van der Waals surface area (Å²) >= 11 is 6.53. The van der Waals surface area contributed by atoms with Gasteiger partial charge in [-0.25, -0.2) is 13.8 Å². The van der Waals surface area contributed by atoms with Crippen LogP contribution in [0.1, 0.15) is 39.5 Å². The number of amides is 3. The predicted molar refractivity (Wildman–Crippen MR) is 189 cm³/mol. The number of nitrogens with one attached hydrogen (secondary N) is 1. The van der Waals surface area contributed by atoms with Crippen LogP contribution in [0, 0.1) is 24.5 Å². The Hall–Kier alpha value is -4.66. The van der Waals surface area contributed by atoms with Crippen LogP contribution in [-0.4, -0.2) is 112 Å². The Morgan fingerprint density at radius 1 is 0.922 bits per heavy atom. The minimum atomic E-state index is -1.08. The summed E-state index contributed by atoms with van der Waals surface area (Å²) in [4.78, 5) is 49.5. The van der Waals surface area contributed by atoms with Crippen LogP contribution < -0.4 is 5.32 Å². The van der Waals surface area contributed by atoms with Gasteiger partial charge in [0.15, 0.2) is 17.5 Å². The predicted octanol–water partition coefficient (Wildman–Crippen LogP) is 4.72. The van der Waals surface area contributed by atoms with Gasteiger partial charge in [0.25, 0.3) is 11.8 Å². The van der Waals surface area contributed by atoms with Crippen LogP contribution in [0.4, 0.5) is 14.5 Å². The second-order valence-corrected chi connectivity index (χ2v) is 13.4. The Balaban J connectivity index is 1.09. The number of carbonyl (C=O) groups is 3. The molecule has 2 fully saturated rings. The van der Waals surface area contributed by atoms with Gasteiger partial charge in [-0.05, 0) is 64.2 Å². The van der Waals surface area contributed by atoms with Gasteiger partial charge in [0, 0.05) is 74.3 Å². The number of methoxy groups -OCH3 is 1. The summed E-state index contributed by atoms with van der Waals surface area (Å²) < 4.78 is 39.1. The number of rotatable bonds is 9. The molecule has 0 aliphatic carbocycles. The van der Waals surface area contributed by atoms with Crippen LogP contribution in [0.15, 0.2) is 42.7 Å². The van der Waals surface area contributed by atoms with Gasteiger partial charge in [-0.1, -0.05) is 17.7 Å². The maximum Gasteiger partial charge on any atom is 0.291 e. The minimum Gasteiger partial charge on any atom is -0.383 e. The van der Waals surface area contributed by atoms with E-state index in [2.05, 4.69) is 27.3 Å². The number of halogens is 3. The van der Waals surface area contributed by atoms with Gasteiger partial charge in [0.1, 0.15) is 0 Å². The monoisotopic (exact) mass is 722 g/mol. The fraction of sp³-hybridized carbons (Fsp3) is 0.417. The van der Waals surface area contributed by atoms with Crippen molar-refractivity contribution >= 4 is 35.0 Å². The summed E-state index contributed by atoms with van der Waals surface area (Å²) in [6.07, 6.45) is 4.50. The van der Waals surface area contributed by atoms with E-state index in [-0.39, 0.29) is 51.0 Å². The van der Waals surface area contributed by atoms with E-state index in [1.165, 1.54) is 42.2 Å². The lowest BCUT2D eigenvalue weighted by Gasteiger charge is -2.38. The largest absolute Gasteiger partial charge is 0.383 e. The van der Waals surface area contributed by atoms with Crippen LogP contribution in [-0.2, 0) is 23.1 Å². The normalized spacial score (nSPS) is 15.7. The Morgan fingerprint density at radius 3 is 2.27 bits per heavy atom. The molecule has 3 amide bonds. The van der Waals surface area contributed by atoms with E-state index in [4.69, 9.17) is 16.3 Å². The third-order valence-corrected chi connectivity index (χ3v) is 10.2. The molecule has 2 aromatic carbocycles. The first-order chi connectivity index (χ1) is 24.5. The molecule has 4 heterocycles. The van der Waals surface area contributed by atoms with Gasteiger partial charge < -0.3 is 29.3 Å². The van der Waals surface area contributed by atoms with Crippen molar-refractivity contribution in [3.8, 4) is 22.4 Å². The van der Waals surface area contributed by atoms with Gasteiger partial charge in [0.05, 0.1) is 41.8 Å². The molecule has 0 atom stereocenters. The van der Waals surface area contributed by atoms with Crippen LogP contribution in [0.2, 0.25) is 5.02 Å². The van der Waals surface area contributed by atoms with Crippen molar-refractivity contribution in [3.05, 3.63) is 76.5 Å². The Kier molecular flexibility index (Phi) is 10.8. The summed E-state index contributed by atoms with van der Waals surface area (Å²) in [7, 11) is 5.17. The van der Waals surface area contributed by atoms with E-state index in [9.17, 15) is 14.4 Å². The molecule has 4 aromatic rings. The van der Waals surface area contributed by atoms with E-state index < -0.39 is 17.5 Å². The highest BCUT2D eigenvalue weighted by Gasteiger charge is 2.31. The summed E-state index contributed by atoms with van der Waals surface area (Å²) in [5.41, 5.74) is 1.93.